The Morgan fingerprint density at radius 2 is 1.75 bits per heavy atom. The van der Waals surface area contributed by atoms with Gasteiger partial charge in [0.25, 0.3) is 5.91 Å². The topological polar surface area (TPSA) is 70.7 Å². The first-order valence-electron chi connectivity index (χ1n) is 8.99. The van der Waals surface area contributed by atoms with E-state index in [9.17, 15) is 4.79 Å². The first-order chi connectivity index (χ1) is 13.7. The Kier molecular flexibility index (Phi) is 4.61. The number of carbonyl (C=O) groups is 1. The summed E-state index contributed by atoms with van der Waals surface area (Å²) in [6, 6.07) is 24.5. The van der Waals surface area contributed by atoms with Gasteiger partial charge >= 0.3 is 0 Å². The highest BCUT2D eigenvalue weighted by Crippen LogP contribution is 2.19. The fourth-order valence-electron chi connectivity index (χ4n) is 3.15. The number of nitrogens with zero attached hydrogens (tertiary/aromatic N) is 3. The molecular weight excluding hydrogens is 348 g/mol. The van der Waals surface area contributed by atoms with Gasteiger partial charge in [0.15, 0.2) is 0 Å². The molecule has 0 saturated carbocycles. The van der Waals surface area contributed by atoms with Crippen molar-refractivity contribution in [3.05, 3.63) is 95.8 Å². The van der Waals surface area contributed by atoms with Crippen LogP contribution in [-0.2, 0) is 0 Å². The lowest BCUT2D eigenvalue weighted by atomic mass is 10.1. The minimum atomic E-state index is -0.155. The van der Waals surface area contributed by atoms with Crippen LogP contribution in [0, 0.1) is 11.3 Å². The van der Waals surface area contributed by atoms with Crippen molar-refractivity contribution in [2.45, 2.75) is 13.0 Å². The third-order valence-electron chi connectivity index (χ3n) is 4.75. The van der Waals surface area contributed by atoms with E-state index in [0.29, 0.717) is 11.1 Å². The zero-order valence-electron chi connectivity index (χ0n) is 15.3. The smallest absolute Gasteiger partial charge is 0.251 e. The van der Waals surface area contributed by atoms with Gasteiger partial charge in [-0.2, -0.15) is 5.26 Å². The lowest BCUT2D eigenvalue weighted by Gasteiger charge is -2.15. The van der Waals surface area contributed by atoms with Gasteiger partial charge in [0, 0.05) is 11.3 Å². The summed E-state index contributed by atoms with van der Waals surface area (Å²) in [4.78, 5) is 17.0. The first-order valence-corrected chi connectivity index (χ1v) is 8.99. The molecule has 0 aliphatic rings. The van der Waals surface area contributed by atoms with Crippen LogP contribution in [-0.4, -0.2) is 15.5 Å². The van der Waals surface area contributed by atoms with E-state index in [2.05, 4.69) is 16.4 Å². The molecule has 28 heavy (non-hydrogen) atoms. The fraction of sp³-hybridized carbons (Fsp3) is 0.0870. The molecule has 0 aliphatic carbocycles. The van der Waals surface area contributed by atoms with Gasteiger partial charge in [0.1, 0.15) is 6.33 Å². The van der Waals surface area contributed by atoms with E-state index in [-0.39, 0.29) is 11.9 Å². The molecule has 5 heteroatoms. The second-order valence-corrected chi connectivity index (χ2v) is 6.58. The van der Waals surface area contributed by atoms with Crippen LogP contribution in [0.2, 0.25) is 0 Å². The van der Waals surface area contributed by atoms with Crippen LogP contribution < -0.4 is 5.32 Å². The predicted molar refractivity (Wildman–Crippen MR) is 108 cm³/mol. The number of nitriles is 1. The number of nitrogens with one attached hydrogen (secondary N) is 1. The molecule has 0 bridgehead atoms. The lowest BCUT2D eigenvalue weighted by molar-refractivity contribution is 0.0940. The summed E-state index contributed by atoms with van der Waals surface area (Å²) in [5.41, 5.74) is 5.05. The van der Waals surface area contributed by atoms with Gasteiger partial charge in [0.2, 0.25) is 0 Å². The van der Waals surface area contributed by atoms with Crippen molar-refractivity contribution in [3.8, 4) is 11.8 Å². The molecule has 1 N–H and O–H groups in total. The molecular formula is C23H18N4O. The van der Waals surface area contributed by atoms with E-state index in [0.717, 1.165) is 22.3 Å². The highest BCUT2D eigenvalue weighted by molar-refractivity contribution is 5.94. The molecule has 0 spiro atoms. The second-order valence-electron chi connectivity index (χ2n) is 6.58. The summed E-state index contributed by atoms with van der Waals surface area (Å²) < 4.78 is 2.00. The zero-order valence-corrected chi connectivity index (χ0v) is 15.3. The van der Waals surface area contributed by atoms with Crippen LogP contribution in [0.5, 0.6) is 0 Å². The molecule has 1 atom stereocenters. The van der Waals surface area contributed by atoms with Gasteiger partial charge in [-0.3, -0.25) is 9.36 Å². The SMILES string of the molecule is CC(NC(=O)c1ccc(-n2cnc3ccccc32)cc1)c1ccc(C#N)cc1. The zero-order chi connectivity index (χ0) is 19.5. The van der Waals surface area contributed by atoms with Crippen LogP contribution in [0.1, 0.15) is 34.5 Å². The molecule has 0 radical (unpaired) electrons. The van der Waals surface area contributed by atoms with Crippen LogP contribution in [0.25, 0.3) is 16.7 Å². The molecule has 0 saturated heterocycles. The Morgan fingerprint density at radius 3 is 2.46 bits per heavy atom. The molecule has 3 aromatic carbocycles. The monoisotopic (exact) mass is 366 g/mol. The van der Waals surface area contributed by atoms with Crippen molar-refractivity contribution in [2.75, 3.05) is 0 Å². The molecule has 0 aliphatic heterocycles. The van der Waals surface area contributed by atoms with Gasteiger partial charge < -0.3 is 5.32 Å². The molecule has 5 nitrogen and oxygen atoms in total. The Hall–Kier alpha value is -3.91. The van der Waals surface area contributed by atoms with Crippen molar-refractivity contribution >= 4 is 16.9 Å². The Morgan fingerprint density at radius 1 is 1.04 bits per heavy atom. The summed E-state index contributed by atoms with van der Waals surface area (Å²) in [7, 11) is 0. The minimum Gasteiger partial charge on any atom is -0.346 e. The molecule has 1 heterocycles. The maximum Gasteiger partial charge on any atom is 0.251 e. The van der Waals surface area contributed by atoms with Crippen molar-refractivity contribution < 1.29 is 4.79 Å². The van der Waals surface area contributed by atoms with Crippen LogP contribution in [0.15, 0.2) is 79.1 Å². The Bertz CT molecular complexity index is 1170. The molecule has 4 aromatic rings. The number of rotatable bonds is 4. The Balaban J connectivity index is 1.50. The third-order valence-corrected chi connectivity index (χ3v) is 4.75. The normalized spacial score (nSPS) is 11.7. The molecule has 136 valence electrons. The van der Waals surface area contributed by atoms with Gasteiger partial charge in [-0.15, -0.1) is 0 Å². The minimum absolute atomic E-state index is 0.140. The van der Waals surface area contributed by atoms with E-state index in [1.54, 1.807) is 18.5 Å². The number of imidazole rings is 1. The number of fused-ring (bicyclic) bond motifs is 1. The van der Waals surface area contributed by atoms with E-state index in [1.807, 2.05) is 72.2 Å². The van der Waals surface area contributed by atoms with E-state index in [4.69, 9.17) is 5.26 Å². The van der Waals surface area contributed by atoms with Gasteiger partial charge in [-0.1, -0.05) is 24.3 Å². The molecule has 4 rings (SSSR count). The average Bonchev–Trinajstić information content (AvgIpc) is 3.18. The fourth-order valence-corrected chi connectivity index (χ4v) is 3.15. The number of carbonyl (C=O) groups excluding carboxylic acids is 1. The standard InChI is InChI=1S/C23H18N4O/c1-16(18-8-6-17(14-24)7-9-18)26-23(28)19-10-12-20(13-11-19)27-15-25-21-4-2-3-5-22(21)27/h2-13,15-16H,1H3,(H,26,28). The van der Waals surface area contributed by atoms with E-state index >= 15 is 0 Å². The summed E-state index contributed by atoms with van der Waals surface area (Å²) in [6.45, 7) is 1.92. The number of hydrogen-bond donors (Lipinski definition) is 1. The number of para-hydroxylation sites is 2. The van der Waals surface area contributed by atoms with Crippen molar-refractivity contribution in [1.29, 1.82) is 5.26 Å². The molecule has 1 amide bonds. The van der Waals surface area contributed by atoms with Gasteiger partial charge in [0.05, 0.1) is 28.7 Å². The highest BCUT2D eigenvalue weighted by Gasteiger charge is 2.12. The summed E-state index contributed by atoms with van der Waals surface area (Å²) in [5.74, 6) is -0.140. The number of hydrogen-bond acceptors (Lipinski definition) is 3. The maximum atomic E-state index is 12.6. The first kappa shape index (κ1) is 17.5. The summed E-state index contributed by atoms with van der Waals surface area (Å²) >= 11 is 0. The molecule has 0 fully saturated rings. The number of aromatic nitrogens is 2. The van der Waals surface area contributed by atoms with Crippen LogP contribution >= 0.6 is 0 Å². The predicted octanol–water partition coefficient (Wildman–Crippen LogP) is 4.39. The quantitative estimate of drug-likeness (QED) is 0.582. The second kappa shape index (κ2) is 7.37. The van der Waals surface area contributed by atoms with E-state index in [1.165, 1.54) is 0 Å². The summed E-state index contributed by atoms with van der Waals surface area (Å²) in [6.07, 6.45) is 1.78. The van der Waals surface area contributed by atoms with Crippen LogP contribution in [0.3, 0.4) is 0 Å². The average molecular weight is 366 g/mol. The van der Waals surface area contributed by atoms with Crippen molar-refractivity contribution in [1.82, 2.24) is 14.9 Å². The highest BCUT2D eigenvalue weighted by atomic mass is 16.1. The largest absolute Gasteiger partial charge is 0.346 e. The Labute approximate surface area is 162 Å². The number of benzene rings is 3. The van der Waals surface area contributed by atoms with E-state index < -0.39 is 0 Å². The lowest BCUT2D eigenvalue weighted by Crippen LogP contribution is -2.26. The molecule has 1 unspecified atom stereocenters. The van der Waals surface area contributed by atoms with Gasteiger partial charge in [-0.05, 0) is 61.0 Å². The summed E-state index contributed by atoms with van der Waals surface area (Å²) in [5, 5.41) is 11.9. The third kappa shape index (κ3) is 3.36. The number of amides is 1. The van der Waals surface area contributed by atoms with Gasteiger partial charge in [-0.25, -0.2) is 4.98 Å². The van der Waals surface area contributed by atoms with Crippen molar-refractivity contribution in [3.63, 3.8) is 0 Å². The van der Waals surface area contributed by atoms with Crippen molar-refractivity contribution in [2.24, 2.45) is 0 Å². The maximum absolute atomic E-state index is 12.6. The van der Waals surface area contributed by atoms with Crippen LogP contribution in [0.4, 0.5) is 0 Å². The molecule has 1 aromatic heterocycles.